The van der Waals surface area contributed by atoms with E-state index in [9.17, 15) is 40.5 Å². The number of carbonyl (C=O) groups is 1. The van der Waals surface area contributed by atoms with Crippen LogP contribution < -0.4 is 5.32 Å². The van der Waals surface area contributed by atoms with Crippen LogP contribution >= 0.6 is 0 Å². The summed E-state index contributed by atoms with van der Waals surface area (Å²) < 4.78 is 0. The standard InChI is InChI=1S/C12H23NO8/c1-4-12(20,21)11(8(14)15,9(3,16)17)6-10(18,19)7-13-5-2/h5,13,16-21H,2,4,6-7H2,1,3H3,(H,14,15)/t11-/m0/s1. The van der Waals surface area contributed by atoms with Gasteiger partial charge in [0.05, 0.1) is 6.54 Å². The molecule has 1 atom stereocenters. The Kier molecular flexibility index (Phi) is 5.89. The maximum atomic E-state index is 11.5. The van der Waals surface area contributed by atoms with Crippen LogP contribution in [0.3, 0.4) is 0 Å². The Morgan fingerprint density at radius 2 is 1.67 bits per heavy atom. The van der Waals surface area contributed by atoms with E-state index in [0.29, 0.717) is 6.92 Å². The van der Waals surface area contributed by atoms with Crippen molar-refractivity contribution in [2.45, 2.75) is 44.1 Å². The number of hydrogen-bond donors (Lipinski definition) is 8. The van der Waals surface area contributed by atoms with Crippen molar-refractivity contribution in [2.24, 2.45) is 5.41 Å². The van der Waals surface area contributed by atoms with Gasteiger partial charge < -0.3 is 41.1 Å². The molecular formula is C12H23NO8. The molecule has 124 valence electrons. The second kappa shape index (κ2) is 6.26. The predicted octanol–water partition coefficient (Wildman–Crippen LogP) is -2.35. The summed E-state index contributed by atoms with van der Waals surface area (Å²) in [5, 5.41) is 70.5. The van der Waals surface area contributed by atoms with Crippen LogP contribution in [0.25, 0.3) is 0 Å². The van der Waals surface area contributed by atoms with Crippen molar-refractivity contribution >= 4 is 5.97 Å². The lowest BCUT2D eigenvalue weighted by Crippen LogP contribution is -2.68. The first-order valence-corrected chi connectivity index (χ1v) is 6.19. The normalized spacial score (nSPS) is 16.2. The van der Waals surface area contributed by atoms with E-state index >= 15 is 0 Å². The number of aliphatic carboxylic acids is 1. The van der Waals surface area contributed by atoms with Crippen LogP contribution in [0.5, 0.6) is 0 Å². The molecule has 0 aliphatic rings. The molecule has 0 saturated heterocycles. The zero-order valence-corrected chi connectivity index (χ0v) is 11.9. The fourth-order valence-corrected chi connectivity index (χ4v) is 2.16. The lowest BCUT2D eigenvalue weighted by Gasteiger charge is -2.48. The van der Waals surface area contributed by atoms with Gasteiger partial charge in [-0.1, -0.05) is 13.5 Å². The third kappa shape index (κ3) is 3.90. The molecule has 0 aliphatic heterocycles. The smallest absolute Gasteiger partial charge is 0.320 e. The summed E-state index contributed by atoms with van der Waals surface area (Å²) in [4.78, 5) is 11.5. The van der Waals surface area contributed by atoms with Crippen molar-refractivity contribution in [3.63, 3.8) is 0 Å². The first kappa shape index (κ1) is 19.8. The molecule has 0 saturated carbocycles. The maximum Gasteiger partial charge on any atom is 0.320 e. The van der Waals surface area contributed by atoms with Gasteiger partial charge in [0, 0.05) is 6.42 Å². The highest BCUT2D eigenvalue weighted by molar-refractivity contribution is 5.77. The van der Waals surface area contributed by atoms with Crippen LogP contribution in [-0.4, -0.2) is 65.6 Å². The molecular weight excluding hydrogens is 286 g/mol. The predicted molar refractivity (Wildman–Crippen MR) is 70.4 cm³/mol. The van der Waals surface area contributed by atoms with Crippen LogP contribution in [0.4, 0.5) is 0 Å². The Morgan fingerprint density at radius 1 is 1.19 bits per heavy atom. The minimum atomic E-state index is -3.15. The average Bonchev–Trinajstić information content (AvgIpc) is 2.31. The minimum absolute atomic E-state index is 0.596. The summed E-state index contributed by atoms with van der Waals surface area (Å²) in [5.41, 5.74) is -3.07. The van der Waals surface area contributed by atoms with Gasteiger partial charge in [-0.3, -0.25) is 4.79 Å². The van der Waals surface area contributed by atoms with Gasteiger partial charge in [0.15, 0.2) is 22.8 Å². The van der Waals surface area contributed by atoms with Crippen LogP contribution in [-0.2, 0) is 4.79 Å². The van der Waals surface area contributed by atoms with E-state index in [0.717, 1.165) is 6.20 Å². The van der Waals surface area contributed by atoms with Gasteiger partial charge in [0.25, 0.3) is 0 Å². The van der Waals surface area contributed by atoms with E-state index < -0.39 is 48.1 Å². The third-order valence-electron chi connectivity index (χ3n) is 3.43. The Balaban J connectivity index is 5.94. The molecule has 0 amide bonds. The molecule has 0 fully saturated rings. The summed E-state index contributed by atoms with van der Waals surface area (Å²) in [6.07, 6.45) is -0.757. The zero-order valence-electron chi connectivity index (χ0n) is 11.9. The van der Waals surface area contributed by atoms with Crippen LogP contribution in [0.2, 0.25) is 0 Å². The minimum Gasteiger partial charge on any atom is -0.481 e. The van der Waals surface area contributed by atoms with Crippen molar-refractivity contribution < 1.29 is 40.5 Å². The summed E-state index contributed by atoms with van der Waals surface area (Å²) in [7, 11) is 0. The maximum absolute atomic E-state index is 11.5. The average molecular weight is 309 g/mol. The van der Waals surface area contributed by atoms with Crippen molar-refractivity contribution in [3.8, 4) is 0 Å². The Bertz CT molecular complexity index is 387. The van der Waals surface area contributed by atoms with Gasteiger partial charge in [0.1, 0.15) is 0 Å². The van der Waals surface area contributed by atoms with Gasteiger partial charge in [-0.25, -0.2) is 0 Å². The van der Waals surface area contributed by atoms with E-state index in [1.165, 1.54) is 6.92 Å². The number of carboxylic acids is 1. The summed E-state index contributed by atoms with van der Waals surface area (Å²) in [5.74, 6) is -11.0. The van der Waals surface area contributed by atoms with Crippen molar-refractivity contribution in [2.75, 3.05) is 6.54 Å². The topological polar surface area (TPSA) is 171 Å². The molecule has 0 aromatic rings. The molecule has 0 unspecified atom stereocenters. The molecule has 0 radical (unpaired) electrons. The number of carboxylic acid groups (broad SMARTS) is 1. The van der Waals surface area contributed by atoms with Gasteiger partial charge in [-0.15, -0.1) is 0 Å². The lowest BCUT2D eigenvalue weighted by atomic mass is 9.67. The SMILES string of the molecule is C=CNCC(O)(O)C[C@](C(=O)O)(C(C)(O)O)C(O)(O)CC. The number of aliphatic hydroxyl groups is 6. The molecule has 0 spiro atoms. The number of hydrogen-bond acceptors (Lipinski definition) is 8. The largest absolute Gasteiger partial charge is 0.481 e. The van der Waals surface area contributed by atoms with E-state index in [2.05, 4.69) is 11.9 Å². The molecule has 8 N–H and O–H groups in total. The van der Waals surface area contributed by atoms with Crippen LogP contribution in [0.1, 0.15) is 26.7 Å². The van der Waals surface area contributed by atoms with Crippen LogP contribution in [0.15, 0.2) is 12.8 Å². The highest BCUT2D eigenvalue weighted by Crippen LogP contribution is 2.46. The first-order chi connectivity index (χ1) is 9.27. The number of nitrogens with one attached hydrogen (secondary N) is 1. The fraction of sp³-hybridized carbons (Fsp3) is 0.750. The Hall–Kier alpha value is -1.23. The molecule has 21 heavy (non-hydrogen) atoms. The quantitative estimate of drug-likeness (QED) is 0.217. The third-order valence-corrected chi connectivity index (χ3v) is 3.43. The molecule has 0 aromatic carbocycles. The molecule has 0 bridgehead atoms. The van der Waals surface area contributed by atoms with Crippen molar-refractivity contribution in [1.29, 1.82) is 0 Å². The van der Waals surface area contributed by atoms with E-state index in [4.69, 9.17) is 0 Å². The van der Waals surface area contributed by atoms with Gasteiger partial charge in [-0.2, -0.15) is 0 Å². The summed E-state index contributed by atoms with van der Waals surface area (Å²) in [6.45, 7) is 4.47. The van der Waals surface area contributed by atoms with Crippen molar-refractivity contribution in [3.05, 3.63) is 12.8 Å². The van der Waals surface area contributed by atoms with Crippen molar-refractivity contribution in [1.82, 2.24) is 5.32 Å². The van der Waals surface area contributed by atoms with E-state index in [-0.39, 0.29) is 0 Å². The Morgan fingerprint density at radius 3 is 1.95 bits per heavy atom. The van der Waals surface area contributed by atoms with E-state index in [1.54, 1.807) is 0 Å². The van der Waals surface area contributed by atoms with Gasteiger partial charge in [0.2, 0.25) is 0 Å². The molecule has 0 rings (SSSR count). The van der Waals surface area contributed by atoms with Gasteiger partial charge >= 0.3 is 5.97 Å². The Labute approximate surface area is 121 Å². The molecule has 0 heterocycles. The number of rotatable bonds is 9. The highest BCUT2D eigenvalue weighted by Gasteiger charge is 2.67. The second-order valence-electron chi connectivity index (χ2n) is 5.15. The fourth-order valence-electron chi connectivity index (χ4n) is 2.16. The zero-order chi connectivity index (χ0) is 17.1. The summed E-state index contributed by atoms with van der Waals surface area (Å²) in [6, 6.07) is 0. The monoisotopic (exact) mass is 309 g/mol. The molecule has 9 heteroatoms. The lowest BCUT2D eigenvalue weighted by molar-refractivity contribution is -0.358. The van der Waals surface area contributed by atoms with Crippen LogP contribution in [0, 0.1) is 5.41 Å². The van der Waals surface area contributed by atoms with E-state index in [1.807, 2.05) is 0 Å². The first-order valence-electron chi connectivity index (χ1n) is 6.19. The molecule has 9 nitrogen and oxygen atoms in total. The highest BCUT2D eigenvalue weighted by atomic mass is 16.5. The molecule has 0 aliphatic carbocycles. The van der Waals surface area contributed by atoms with Gasteiger partial charge in [-0.05, 0) is 19.5 Å². The molecule has 0 aromatic heterocycles. The summed E-state index contributed by atoms with van der Waals surface area (Å²) >= 11 is 0. The second-order valence-corrected chi connectivity index (χ2v) is 5.15.